The van der Waals surface area contributed by atoms with Gasteiger partial charge in [0.2, 0.25) is 0 Å². The molecule has 4 nitrogen and oxygen atoms in total. The molecule has 0 radical (unpaired) electrons. The average Bonchev–Trinajstić information content (AvgIpc) is 2.87. The van der Waals surface area contributed by atoms with Crippen LogP contribution in [0.3, 0.4) is 0 Å². The van der Waals surface area contributed by atoms with Crippen LogP contribution in [-0.2, 0) is 4.74 Å². The first-order valence-electron chi connectivity index (χ1n) is 9.01. The number of hydrogen-bond donors (Lipinski definition) is 1. The van der Waals surface area contributed by atoms with Gasteiger partial charge in [0.1, 0.15) is 5.60 Å². The highest BCUT2D eigenvalue weighted by molar-refractivity contribution is 5.69. The first-order valence-corrected chi connectivity index (χ1v) is 9.01. The fourth-order valence-corrected chi connectivity index (χ4v) is 3.77. The van der Waals surface area contributed by atoms with Crippen LogP contribution in [0.4, 0.5) is 4.79 Å². The highest BCUT2D eigenvalue weighted by atomic mass is 16.6. The summed E-state index contributed by atoms with van der Waals surface area (Å²) in [5.41, 5.74) is -0.412. The summed E-state index contributed by atoms with van der Waals surface area (Å²) in [6, 6.07) is 0.893. The molecule has 0 spiro atoms. The lowest BCUT2D eigenvalue weighted by atomic mass is 9.78. The minimum absolute atomic E-state index is 0.151. The molecule has 1 amide bonds. The standard InChI is InChI=1S/C18H34N2O2/c1-13-8-6-10-16(14(13)2)19-12-15-9-7-11-20(15)17(21)22-18(3,4)5/h13-16,19H,6-12H2,1-5H3. The van der Waals surface area contributed by atoms with E-state index in [0.717, 1.165) is 37.8 Å². The monoisotopic (exact) mass is 310 g/mol. The Morgan fingerprint density at radius 1 is 1.18 bits per heavy atom. The summed E-state index contributed by atoms with van der Waals surface area (Å²) < 4.78 is 5.54. The molecule has 1 aliphatic carbocycles. The summed E-state index contributed by atoms with van der Waals surface area (Å²) in [5, 5.41) is 3.74. The lowest BCUT2D eigenvalue weighted by molar-refractivity contribution is 0.0221. The van der Waals surface area contributed by atoms with Crippen LogP contribution in [0.5, 0.6) is 0 Å². The number of amides is 1. The van der Waals surface area contributed by atoms with Gasteiger partial charge in [-0.15, -0.1) is 0 Å². The van der Waals surface area contributed by atoms with Crippen LogP contribution in [0.1, 0.15) is 66.7 Å². The van der Waals surface area contributed by atoms with E-state index in [1.807, 2.05) is 25.7 Å². The van der Waals surface area contributed by atoms with E-state index in [2.05, 4.69) is 19.2 Å². The topological polar surface area (TPSA) is 41.6 Å². The van der Waals surface area contributed by atoms with Crippen molar-refractivity contribution in [2.75, 3.05) is 13.1 Å². The van der Waals surface area contributed by atoms with E-state index >= 15 is 0 Å². The van der Waals surface area contributed by atoms with Crippen LogP contribution in [0.15, 0.2) is 0 Å². The Bertz CT molecular complexity index is 378. The number of ether oxygens (including phenoxy) is 1. The molecule has 128 valence electrons. The molecule has 1 N–H and O–H groups in total. The molecule has 2 rings (SSSR count). The van der Waals surface area contributed by atoms with Gasteiger partial charge in [-0.3, -0.25) is 0 Å². The van der Waals surface area contributed by atoms with E-state index < -0.39 is 5.60 Å². The van der Waals surface area contributed by atoms with Gasteiger partial charge >= 0.3 is 6.09 Å². The second-order valence-electron chi connectivity index (χ2n) is 8.25. The molecule has 4 heteroatoms. The molecular weight excluding hydrogens is 276 g/mol. The molecule has 2 fully saturated rings. The predicted octanol–water partition coefficient (Wildman–Crippen LogP) is 3.80. The van der Waals surface area contributed by atoms with E-state index in [1.165, 1.54) is 19.3 Å². The van der Waals surface area contributed by atoms with Gasteiger partial charge in [0.25, 0.3) is 0 Å². The SMILES string of the molecule is CC1CCCC(NCC2CCCN2C(=O)OC(C)(C)C)C1C. The lowest BCUT2D eigenvalue weighted by Crippen LogP contribution is -2.48. The summed E-state index contributed by atoms with van der Waals surface area (Å²) in [7, 11) is 0. The second kappa shape index (κ2) is 7.20. The number of carbonyl (C=O) groups is 1. The molecule has 0 aromatic heterocycles. The van der Waals surface area contributed by atoms with E-state index in [1.54, 1.807) is 0 Å². The third kappa shape index (κ3) is 4.61. The Balaban J connectivity index is 1.85. The number of rotatable bonds is 3. The van der Waals surface area contributed by atoms with E-state index in [4.69, 9.17) is 4.74 Å². The molecule has 1 heterocycles. The average molecular weight is 310 g/mol. The van der Waals surface area contributed by atoms with Crippen LogP contribution < -0.4 is 5.32 Å². The largest absolute Gasteiger partial charge is 0.444 e. The molecule has 0 aromatic carbocycles. The first kappa shape index (κ1) is 17.6. The van der Waals surface area contributed by atoms with Gasteiger partial charge in [0.15, 0.2) is 0 Å². The molecule has 2 aliphatic rings. The maximum Gasteiger partial charge on any atom is 0.410 e. The Labute approximate surface area is 136 Å². The van der Waals surface area contributed by atoms with Gasteiger partial charge in [-0.05, 0) is 51.9 Å². The van der Waals surface area contributed by atoms with Crippen molar-refractivity contribution in [3.05, 3.63) is 0 Å². The van der Waals surface area contributed by atoms with E-state index in [0.29, 0.717) is 12.1 Å². The van der Waals surface area contributed by atoms with Crippen molar-refractivity contribution >= 4 is 6.09 Å². The number of nitrogens with one attached hydrogen (secondary N) is 1. The molecule has 1 aliphatic heterocycles. The smallest absolute Gasteiger partial charge is 0.410 e. The minimum atomic E-state index is -0.412. The molecule has 1 saturated heterocycles. The Kier molecular flexibility index (Phi) is 5.76. The fraction of sp³-hybridized carbons (Fsp3) is 0.944. The van der Waals surface area contributed by atoms with Crippen molar-refractivity contribution in [1.82, 2.24) is 10.2 Å². The van der Waals surface area contributed by atoms with Crippen LogP contribution in [0.25, 0.3) is 0 Å². The minimum Gasteiger partial charge on any atom is -0.444 e. The van der Waals surface area contributed by atoms with Gasteiger partial charge in [-0.1, -0.05) is 26.7 Å². The summed E-state index contributed by atoms with van der Waals surface area (Å²) in [4.78, 5) is 14.2. The zero-order valence-electron chi connectivity index (χ0n) is 15.0. The Morgan fingerprint density at radius 3 is 2.59 bits per heavy atom. The van der Waals surface area contributed by atoms with Crippen LogP contribution in [0, 0.1) is 11.8 Å². The zero-order valence-corrected chi connectivity index (χ0v) is 15.0. The van der Waals surface area contributed by atoms with Crippen molar-refractivity contribution in [2.24, 2.45) is 11.8 Å². The van der Waals surface area contributed by atoms with Crippen molar-refractivity contribution in [1.29, 1.82) is 0 Å². The van der Waals surface area contributed by atoms with Crippen molar-refractivity contribution in [2.45, 2.75) is 84.4 Å². The van der Waals surface area contributed by atoms with Crippen LogP contribution in [-0.4, -0.2) is 41.8 Å². The molecule has 0 aromatic rings. The van der Waals surface area contributed by atoms with Gasteiger partial charge in [0, 0.05) is 25.2 Å². The maximum atomic E-state index is 12.3. The number of nitrogens with zero attached hydrogens (tertiary/aromatic N) is 1. The van der Waals surface area contributed by atoms with E-state index in [9.17, 15) is 4.79 Å². The molecule has 0 bridgehead atoms. The summed E-state index contributed by atoms with van der Waals surface area (Å²) >= 11 is 0. The predicted molar refractivity (Wildman–Crippen MR) is 89.9 cm³/mol. The Hall–Kier alpha value is -0.770. The van der Waals surface area contributed by atoms with Crippen molar-refractivity contribution < 1.29 is 9.53 Å². The Morgan fingerprint density at radius 2 is 1.91 bits per heavy atom. The summed E-state index contributed by atoms with van der Waals surface area (Å²) in [5.74, 6) is 1.53. The highest BCUT2D eigenvalue weighted by Gasteiger charge is 2.33. The summed E-state index contributed by atoms with van der Waals surface area (Å²) in [6.45, 7) is 12.2. The van der Waals surface area contributed by atoms with Crippen LogP contribution in [0.2, 0.25) is 0 Å². The van der Waals surface area contributed by atoms with Gasteiger partial charge in [-0.25, -0.2) is 4.79 Å². The van der Waals surface area contributed by atoms with Crippen molar-refractivity contribution in [3.8, 4) is 0 Å². The molecule has 4 unspecified atom stereocenters. The quantitative estimate of drug-likeness (QED) is 0.862. The summed E-state index contributed by atoms with van der Waals surface area (Å²) in [6.07, 6.45) is 5.97. The molecule has 22 heavy (non-hydrogen) atoms. The van der Waals surface area contributed by atoms with Gasteiger partial charge in [-0.2, -0.15) is 0 Å². The lowest BCUT2D eigenvalue weighted by Gasteiger charge is -2.36. The van der Waals surface area contributed by atoms with Crippen molar-refractivity contribution in [3.63, 3.8) is 0 Å². The first-order chi connectivity index (χ1) is 10.3. The zero-order chi connectivity index (χ0) is 16.3. The molecular formula is C18H34N2O2. The number of hydrogen-bond acceptors (Lipinski definition) is 3. The number of likely N-dealkylation sites (tertiary alicyclic amines) is 1. The third-order valence-electron chi connectivity index (χ3n) is 5.33. The fourth-order valence-electron chi connectivity index (χ4n) is 3.77. The normalized spacial score (nSPS) is 33.0. The van der Waals surface area contributed by atoms with Gasteiger partial charge in [0.05, 0.1) is 0 Å². The third-order valence-corrected chi connectivity index (χ3v) is 5.33. The maximum absolute atomic E-state index is 12.3. The van der Waals surface area contributed by atoms with E-state index in [-0.39, 0.29) is 6.09 Å². The number of carbonyl (C=O) groups excluding carboxylic acids is 1. The van der Waals surface area contributed by atoms with Gasteiger partial charge < -0.3 is 15.0 Å². The highest BCUT2D eigenvalue weighted by Crippen LogP contribution is 2.30. The second-order valence-corrected chi connectivity index (χ2v) is 8.25. The van der Waals surface area contributed by atoms with Crippen LogP contribution >= 0.6 is 0 Å². The molecule has 1 saturated carbocycles. The molecule has 4 atom stereocenters.